The van der Waals surface area contributed by atoms with Crippen molar-refractivity contribution in [3.63, 3.8) is 0 Å². The summed E-state index contributed by atoms with van der Waals surface area (Å²) in [6, 6.07) is 7.80. The molecule has 1 amide bonds. The highest BCUT2D eigenvalue weighted by molar-refractivity contribution is 5.95. The Bertz CT molecular complexity index is 464. The summed E-state index contributed by atoms with van der Waals surface area (Å²) in [4.78, 5) is 14.5. The first kappa shape index (κ1) is 15.8. The van der Waals surface area contributed by atoms with Crippen molar-refractivity contribution in [3.05, 3.63) is 24.3 Å². The van der Waals surface area contributed by atoms with E-state index in [4.69, 9.17) is 5.11 Å². The third-order valence-corrected chi connectivity index (χ3v) is 4.72. The zero-order valence-electron chi connectivity index (χ0n) is 13.1. The van der Waals surface area contributed by atoms with E-state index in [1.165, 1.54) is 0 Å². The molecular weight excluding hydrogens is 264 g/mol. The lowest BCUT2D eigenvalue weighted by molar-refractivity contribution is -0.125. The molecule has 1 aliphatic rings. The summed E-state index contributed by atoms with van der Waals surface area (Å²) >= 11 is 0. The fourth-order valence-electron chi connectivity index (χ4n) is 3.13. The number of aliphatic hydroxyl groups is 1. The summed E-state index contributed by atoms with van der Waals surface area (Å²) in [6.07, 6.45) is 5.24. The lowest BCUT2D eigenvalue weighted by Gasteiger charge is -2.26. The first-order chi connectivity index (χ1) is 10.1. The Morgan fingerprint density at radius 1 is 1.29 bits per heavy atom. The van der Waals surface area contributed by atoms with Gasteiger partial charge in [-0.3, -0.25) is 4.79 Å². The summed E-state index contributed by atoms with van der Waals surface area (Å²) < 4.78 is 0. The number of carbonyl (C=O) groups excluding carboxylic acids is 1. The minimum absolute atomic E-state index is 0.133. The van der Waals surface area contributed by atoms with Crippen LogP contribution in [0.1, 0.15) is 39.0 Å². The second kappa shape index (κ2) is 6.94. The smallest absolute Gasteiger partial charge is 0.230 e. The van der Waals surface area contributed by atoms with Gasteiger partial charge in [0, 0.05) is 30.4 Å². The van der Waals surface area contributed by atoms with E-state index in [9.17, 15) is 4.79 Å². The van der Waals surface area contributed by atoms with Gasteiger partial charge in [-0.25, -0.2) is 0 Å². The summed E-state index contributed by atoms with van der Waals surface area (Å²) in [6.45, 7) is 2.84. The summed E-state index contributed by atoms with van der Waals surface area (Å²) in [5, 5.41) is 12.0. The van der Waals surface area contributed by atoms with Crippen LogP contribution >= 0.6 is 0 Å². The minimum atomic E-state index is -0.160. The SMILES string of the molecule is CCC1(C(=O)Nc2ccc(N(C)CCO)cc2)CCCC1. The molecule has 1 aliphatic carbocycles. The largest absolute Gasteiger partial charge is 0.395 e. The number of hydrogen-bond acceptors (Lipinski definition) is 3. The summed E-state index contributed by atoms with van der Waals surface area (Å²) in [7, 11) is 1.94. The number of anilines is 2. The molecule has 0 atom stereocenters. The molecule has 0 radical (unpaired) electrons. The van der Waals surface area contributed by atoms with Crippen molar-refractivity contribution in [1.82, 2.24) is 0 Å². The lowest BCUT2D eigenvalue weighted by Crippen LogP contribution is -2.33. The summed E-state index contributed by atoms with van der Waals surface area (Å²) in [5.41, 5.74) is 1.72. The first-order valence-corrected chi connectivity index (χ1v) is 7.85. The Balaban J connectivity index is 2.01. The van der Waals surface area contributed by atoms with E-state index in [0.29, 0.717) is 6.54 Å². The number of carbonyl (C=O) groups is 1. The normalized spacial score (nSPS) is 16.7. The molecule has 4 heteroatoms. The maximum atomic E-state index is 12.5. The van der Waals surface area contributed by atoms with E-state index in [2.05, 4.69) is 12.2 Å². The number of likely N-dealkylation sites (N-methyl/N-ethyl adjacent to an activating group) is 1. The molecule has 21 heavy (non-hydrogen) atoms. The maximum absolute atomic E-state index is 12.5. The molecular formula is C17H26N2O2. The van der Waals surface area contributed by atoms with Crippen LogP contribution in [0.4, 0.5) is 11.4 Å². The van der Waals surface area contributed by atoms with Gasteiger partial charge in [-0.15, -0.1) is 0 Å². The molecule has 0 heterocycles. The van der Waals surface area contributed by atoms with Gasteiger partial charge in [-0.2, -0.15) is 0 Å². The number of nitrogens with zero attached hydrogens (tertiary/aromatic N) is 1. The Hall–Kier alpha value is -1.55. The van der Waals surface area contributed by atoms with Crippen LogP contribution in [-0.2, 0) is 4.79 Å². The number of amides is 1. The van der Waals surface area contributed by atoms with Gasteiger partial charge in [0.2, 0.25) is 5.91 Å². The maximum Gasteiger partial charge on any atom is 0.230 e. The average Bonchev–Trinajstić information content (AvgIpc) is 2.98. The van der Waals surface area contributed by atoms with Gasteiger partial charge in [-0.1, -0.05) is 19.8 Å². The van der Waals surface area contributed by atoms with Crippen LogP contribution < -0.4 is 10.2 Å². The molecule has 116 valence electrons. The van der Waals surface area contributed by atoms with Gasteiger partial charge in [0.05, 0.1) is 6.61 Å². The predicted molar refractivity (Wildman–Crippen MR) is 86.6 cm³/mol. The highest BCUT2D eigenvalue weighted by Crippen LogP contribution is 2.41. The van der Waals surface area contributed by atoms with Crippen LogP contribution in [0.5, 0.6) is 0 Å². The molecule has 1 aromatic rings. The van der Waals surface area contributed by atoms with Crippen LogP contribution in [0.25, 0.3) is 0 Å². The fourth-order valence-corrected chi connectivity index (χ4v) is 3.13. The van der Waals surface area contributed by atoms with Crippen LogP contribution in [-0.4, -0.2) is 31.2 Å². The van der Waals surface area contributed by atoms with Crippen molar-refractivity contribution < 1.29 is 9.90 Å². The molecule has 0 spiro atoms. The number of aliphatic hydroxyl groups excluding tert-OH is 1. The number of rotatable bonds is 6. The Morgan fingerprint density at radius 2 is 1.90 bits per heavy atom. The predicted octanol–water partition coefficient (Wildman–Crippen LogP) is 3.02. The molecule has 1 saturated carbocycles. The standard InChI is InChI=1S/C17H26N2O2/c1-3-17(10-4-5-11-17)16(21)18-14-6-8-15(9-7-14)19(2)12-13-20/h6-9,20H,3-5,10-13H2,1-2H3,(H,18,21). The number of hydrogen-bond donors (Lipinski definition) is 2. The van der Waals surface area contributed by atoms with Crippen molar-refractivity contribution in [2.24, 2.45) is 5.41 Å². The molecule has 4 nitrogen and oxygen atoms in total. The zero-order chi connectivity index (χ0) is 15.3. The van der Waals surface area contributed by atoms with Gasteiger partial charge < -0.3 is 15.3 Å². The second-order valence-electron chi connectivity index (χ2n) is 5.99. The van der Waals surface area contributed by atoms with Crippen molar-refractivity contribution in [2.75, 3.05) is 30.4 Å². The molecule has 2 rings (SSSR count). The van der Waals surface area contributed by atoms with E-state index < -0.39 is 0 Å². The van der Waals surface area contributed by atoms with Crippen LogP contribution in [0.3, 0.4) is 0 Å². The molecule has 1 aromatic carbocycles. The molecule has 0 unspecified atom stereocenters. The summed E-state index contributed by atoms with van der Waals surface area (Å²) in [5.74, 6) is 0.166. The van der Waals surface area contributed by atoms with Gasteiger partial charge in [0.1, 0.15) is 0 Å². The van der Waals surface area contributed by atoms with Gasteiger partial charge in [-0.05, 0) is 43.5 Å². The van der Waals surface area contributed by atoms with E-state index in [1.54, 1.807) is 0 Å². The highest BCUT2D eigenvalue weighted by atomic mass is 16.3. The number of benzene rings is 1. The molecule has 2 N–H and O–H groups in total. The fraction of sp³-hybridized carbons (Fsp3) is 0.588. The molecule has 0 bridgehead atoms. The Labute approximate surface area is 127 Å². The van der Waals surface area contributed by atoms with E-state index in [0.717, 1.165) is 43.5 Å². The van der Waals surface area contributed by atoms with Crippen molar-refractivity contribution in [2.45, 2.75) is 39.0 Å². The van der Waals surface area contributed by atoms with Crippen LogP contribution in [0, 0.1) is 5.41 Å². The number of nitrogens with one attached hydrogen (secondary N) is 1. The zero-order valence-corrected chi connectivity index (χ0v) is 13.1. The molecule has 0 aliphatic heterocycles. The first-order valence-electron chi connectivity index (χ1n) is 7.85. The average molecular weight is 290 g/mol. The third kappa shape index (κ3) is 3.56. The van der Waals surface area contributed by atoms with Crippen LogP contribution in [0.2, 0.25) is 0 Å². The highest BCUT2D eigenvalue weighted by Gasteiger charge is 2.39. The minimum Gasteiger partial charge on any atom is -0.395 e. The van der Waals surface area contributed by atoms with Crippen molar-refractivity contribution in [3.8, 4) is 0 Å². The monoisotopic (exact) mass is 290 g/mol. The Morgan fingerprint density at radius 3 is 2.43 bits per heavy atom. The van der Waals surface area contributed by atoms with Crippen molar-refractivity contribution >= 4 is 17.3 Å². The third-order valence-electron chi connectivity index (χ3n) is 4.72. The van der Waals surface area contributed by atoms with Gasteiger partial charge in [0.15, 0.2) is 0 Å². The molecule has 0 saturated heterocycles. The lowest BCUT2D eigenvalue weighted by atomic mass is 9.82. The van der Waals surface area contributed by atoms with E-state index >= 15 is 0 Å². The van der Waals surface area contributed by atoms with E-state index in [1.807, 2.05) is 36.2 Å². The van der Waals surface area contributed by atoms with Gasteiger partial charge in [0.25, 0.3) is 0 Å². The molecule has 0 aromatic heterocycles. The van der Waals surface area contributed by atoms with E-state index in [-0.39, 0.29) is 17.9 Å². The second-order valence-corrected chi connectivity index (χ2v) is 5.99. The quantitative estimate of drug-likeness (QED) is 0.846. The topological polar surface area (TPSA) is 52.6 Å². The van der Waals surface area contributed by atoms with Crippen LogP contribution in [0.15, 0.2) is 24.3 Å². The Kier molecular flexibility index (Phi) is 5.23. The van der Waals surface area contributed by atoms with Gasteiger partial charge >= 0.3 is 0 Å². The van der Waals surface area contributed by atoms with Crippen molar-refractivity contribution in [1.29, 1.82) is 0 Å². The molecule has 1 fully saturated rings.